The van der Waals surface area contributed by atoms with E-state index in [1.807, 2.05) is 78.9 Å². The smallest absolute Gasteiger partial charge is 0.267 e. The van der Waals surface area contributed by atoms with Gasteiger partial charge in [-0.25, -0.2) is 4.57 Å². The van der Waals surface area contributed by atoms with Crippen molar-refractivity contribution in [3.63, 3.8) is 0 Å². The Morgan fingerprint density at radius 3 is 2.23 bits per heavy atom. The maximum Gasteiger partial charge on any atom is 0.267 e. The van der Waals surface area contributed by atoms with Crippen LogP contribution in [-0.4, -0.2) is 19.2 Å². The molecule has 0 aliphatic rings. The van der Waals surface area contributed by atoms with Crippen molar-refractivity contribution >= 4 is 27.5 Å². The fraction of sp³-hybridized carbons (Fsp3) is 0. The standard InChI is InChI=1S/C25H16N4O/c30-24-21-14-6-7-16-22(21)29-25(28(24)18-11-2-1-3-12-18)26-23(27-29)20-15-8-10-17-9-4-5-13-19(17)20/h1-16H. The minimum Gasteiger partial charge on any atom is -0.268 e. The molecule has 0 aliphatic heterocycles. The Balaban J connectivity index is 1.76. The van der Waals surface area contributed by atoms with Crippen molar-refractivity contribution in [1.29, 1.82) is 0 Å². The van der Waals surface area contributed by atoms with Gasteiger partial charge in [0.15, 0.2) is 5.82 Å². The van der Waals surface area contributed by atoms with Crippen molar-refractivity contribution in [1.82, 2.24) is 19.2 Å². The Labute approximate surface area is 171 Å². The number of fused-ring (bicyclic) bond motifs is 4. The van der Waals surface area contributed by atoms with E-state index in [2.05, 4.69) is 18.2 Å². The molecule has 0 aliphatic carbocycles. The van der Waals surface area contributed by atoms with Gasteiger partial charge in [0.2, 0.25) is 5.78 Å². The van der Waals surface area contributed by atoms with Crippen LogP contribution >= 0.6 is 0 Å². The summed E-state index contributed by atoms with van der Waals surface area (Å²) in [5, 5.41) is 7.64. The fourth-order valence-electron chi connectivity index (χ4n) is 4.00. The van der Waals surface area contributed by atoms with Crippen molar-refractivity contribution in [2.75, 3.05) is 0 Å². The lowest BCUT2D eigenvalue weighted by atomic mass is 10.0. The van der Waals surface area contributed by atoms with E-state index >= 15 is 0 Å². The van der Waals surface area contributed by atoms with Gasteiger partial charge in [0, 0.05) is 5.56 Å². The average Bonchev–Trinajstić information content (AvgIpc) is 3.24. The Morgan fingerprint density at radius 2 is 1.37 bits per heavy atom. The van der Waals surface area contributed by atoms with E-state index in [-0.39, 0.29) is 5.56 Å². The summed E-state index contributed by atoms with van der Waals surface area (Å²) in [4.78, 5) is 18.2. The number of hydrogen-bond acceptors (Lipinski definition) is 3. The summed E-state index contributed by atoms with van der Waals surface area (Å²) in [7, 11) is 0. The molecule has 0 bridgehead atoms. The lowest BCUT2D eigenvalue weighted by Crippen LogP contribution is -2.21. The monoisotopic (exact) mass is 388 g/mol. The van der Waals surface area contributed by atoms with E-state index in [1.54, 1.807) is 9.08 Å². The summed E-state index contributed by atoms with van der Waals surface area (Å²) in [6.45, 7) is 0. The zero-order chi connectivity index (χ0) is 20.1. The van der Waals surface area contributed by atoms with Crippen molar-refractivity contribution in [3.8, 4) is 17.1 Å². The van der Waals surface area contributed by atoms with E-state index in [9.17, 15) is 4.79 Å². The fourth-order valence-corrected chi connectivity index (χ4v) is 4.00. The predicted octanol–water partition coefficient (Wildman–Crippen LogP) is 4.85. The van der Waals surface area contributed by atoms with Crippen LogP contribution in [0.1, 0.15) is 0 Å². The number of rotatable bonds is 2. The third-order valence-electron chi connectivity index (χ3n) is 5.40. The average molecular weight is 388 g/mol. The molecule has 2 aromatic heterocycles. The van der Waals surface area contributed by atoms with Crippen molar-refractivity contribution in [3.05, 3.63) is 107 Å². The first-order valence-electron chi connectivity index (χ1n) is 9.75. The largest absolute Gasteiger partial charge is 0.268 e. The molecule has 5 nitrogen and oxygen atoms in total. The molecule has 0 saturated heterocycles. The summed E-state index contributed by atoms with van der Waals surface area (Å²) < 4.78 is 3.39. The van der Waals surface area contributed by atoms with Crippen molar-refractivity contribution in [2.45, 2.75) is 0 Å². The number of aromatic nitrogens is 4. The van der Waals surface area contributed by atoms with Crippen LogP contribution < -0.4 is 5.56 Å². The van der Waals surface area contributed by atoms with Crippen LogP contribution in [0.5, 0.6) is 0 Å². The predicted molar refractivity (Wildman–Crippen MR) is 119 cm³/mol. The van der Waals surface area contributed by atoms with E-state index in [4.69, 9.17) is 10.1 Å². The zero-order valence-electron chi connectivity index (χ0n) is 15.9. The van der Waals surface area contributed by atoms with Gasteiger partial charge >= 0.3 is 0 Å². The molecule has 5 heteroatoms. The minimum absolute atomic E-state index is 0.110. The Kier molecular flexibility index (Phi) is 3.55. The highest BCUT2D eigenvalue weighted by Crippen LogP contribution is 2.27. The zero-order valence-corrected chi connectivity index (χ0v) is 15.9. The van der Waals surface area contributed by atoms with Gasteiger partial charge in [0.05, 0.1) is 16.6 Å². The molecule has 0 spiro atoms. The van der Waals surface area contributed by atoms with Gasteiger partial charge in [-0.15, -0.1) is 5.10 Å². The molecule has 2 heterocycles. The van der Waals surface area contributed by atoms with Crippen molar-refractivity contribution < 1.29 is 0 Å². The van der Waals surface area contributed by atoms with Gasteiger partial charge in [-0.05, 0) is 35.0 Å². The number of nitrogens with zero attached hydrogens (tertiary/aromatic N) is 4. The number of para-hydroxylation sites is 2. The van der Waals surface area contributed by atoms with Gasteiger partial charge in [-0.2, -0.15) is 9.50 Å². The topological polar surface area (TPSA) is 52.2 Å². The molecule has 6 rings (SSSR count). The highest BCUT2D eigenvalue weighted by molar-refractivity contribution is 5.95. The lowest BCUT2D eigenvalue weighted by molar-refractivity contribution is 0.919. The first-order chi connectivity index (χ1) is 14.8. The van der Waals surface area contributed by atoms with Crippen LogP contribution in [0.3, 0.4) is 0 Å². The normalized spacial score (nSPS) is 11.5. The molecule has 0 radical (unpaired) electrons. The van der Waals surface area contributed by atoms with Crippen LogP contribution in [0.25, 0.3) is 44.5 Å². The third kappa shape index (κ3) is 2.39. The Bertz CT molecular complexity index is 1610. The molecule has 142 valence electrons. The second-order valence-corrected chi connectivity index (χ2v) is 7.17. The van der Waals surface area contributed by atoms with E-state index in [0.29, 0.717) is 17.0 Å². The molecule has 0 fully saturated rings. The third-order valence-corrected chi connectivity index (χ3v) is 5.40. The van der Waals surface area contributed by atoms with Crippen LogP contribution in [0.2, 0.25) is 0 Å². The molecule has 6 aromatic rings. The SMILES string of the molecule is O=c1c2ccccc2n2nc(-c3cccc4ccccc34)nc2n1-c1ccccc1. The maximum atomic E-state index is 13.4. The van der Waals surface area contributed by atoms with Gasteiger partial charge in [0.25, 0.3) is 5.56 Å². The minimum atomic E-state index is -0.110. The van der Waals surface area contributed by atoms with Gasteiger partial charge in [0.1, 0.15) is 0 Å². The molecular formula is C25H16N4O. The second kappa shape index (κ2) is 6.39. The summed E-state index contributed by atoms with van der Waals surface area (Å²) in [5.41, 5.74) is 2.33. The summed E-state index contributed by atoms with van der Waals surface area (Å²) in [6, 6.07) is 31.3. The first kappa shape index (κ1) is 16.7. The van der Waals surface area contributed by atoms with Gasteiger partial charge in [-0.1, -0.05) is 72.8 Å². The highest BCUT2D eigenvalue weighted by Gasteiger charge is 2.18. The Hall–Kier alpha value is -4.25. The molecular weight excluding hydrogens is 372 g/mol. The summed E-state index contributed by atoms with van der Waals surface area (Å²) in [6.07, 6.45) is 0. The van der Waals surface area contributed by atoms with Gasteiger partial charge < -0.3 is 0 Å². The van der Waals surface area contributed by atoms with Crippen LogP contribution in [0.15, 0.2) is 102 Å². The maximum absolute atomic E-state index is 13.4. The van der Waals surface area contributed by atoms with E-state index in [1.165, 1.54) is 0 Å². The highest BCUT2D eigenvalue weighted by atomic mass is 16.1. The van der Waals surface area contributed by atoms with Crippen LogP contribution in [-0.2, 0) is 0 Å². The molecule has 0 amide bonds. The molecule has 0 unspecified atom stereocenters. The molecule has 4 aromatic carbocycles. The van der Waals surface area contributed by atoms with Gasteiger partial charge in [-0.3, -0.25) is 4.79 Å². The van der Waals surface area contributed by atoms with E-state index < -0.39 is 0 Å². The first-order valence-corrected chi connectivity index (χ1v) is 9.75. The quantitative estimate of drug-likeness (QED) is 0.426. The summed E-state index contributed by atoms with van der Waals surface area (Å²) in [5.74, 6) is 1.08. The van der Waals surface area contributed by atoms with Crippen molar-refractivity contribution in [2.24, 2.45) is 0 Å². The van der Waals surface area contributed by atoms with Crippen LogP contribution in [0.4, 0.5) is 0 Å². The molecule has 0 saturated carbocycles. The van der Waals surface area contributed by atoms with Crippen LogP contribution in [0, 0.1) is 0 Å². The number of benzene rings is 4. The molecule has 0 N–H and O–H groups in total. The van der Waals surface area contributed by atoms with E-state index in [0.717, 1.165) is 27.5 Å². The molecule has 0 atom stereocenters. The second-order valence-electron chi connectivity index (χ2n) is 7.17. The Morgan fingerprint density at radius 1 is 0.667 bits per heavy atom. The summed E-state index contributed by atoms with van der Waals surface area (Å²) >= 11 is 0. The number of hydrogen-bond donors (Lipinski definition) is 0. The molecule has 30 heavy (non-hydrogen) atoms. The lowest BCUT2D eigenvalue weighted by Gasteiger charge is -2.09.